The molecule has 0 aromatic heterocycles. The van der Waals surface area contributed by atoms with E-state index in [0.717, 1.165) is 48.2 Å². The van der Waals surface area contributed by atoms with Crippen molar-refractivity contribution in [2.45, 2.75) is 57.2 Å². The average molecular weight is 617 g/mol. The van der Waals surface area contributed by atoms with Crippen molar-refractivity contribution < 1.29 is 18.0 Å². The van der Waals surface area contributed by atoms with Crippen LogP contribution in [-0.4, -0.2) is 50.0 Å². The summed E-state index contributed by atoms with van der Waals surface area (Å²) >= 11 is 12.9. The maximum atomic E-state index is 14.2. The number of nitrogens with one attached hydrogen (secondary N) is 1. The maximum Gasteiger partial charge on any atom is 0.244 e. The number of benzene rings is 3. The SMILES string of the molecule is CS(=O)(=O)N(CC(=O)N(Cc1ccccc1Cl)[C@@H](Cc1ccccc1)C(=O)NC1CCCCC1)c1ccccc1Cl. The molecule has 1 aliphatic rings. The molecule has 2 amide bonds. The highest BCUT2D eigenvalue weighted by molar-refractivity contribution is 7.92. The van der Waals surface area contributed by atoms with E-state index in [2.05, 4.69) is 5.32 Å². The number of rotatable bonds is 11. The molecule has 0 spiro atoms. The fourth-order valence-electron chi connectivity index (χ4n) is 5.16. The molecule has 0 heterocycles. The van der Waals surface area contributed by atoms with Crippen molar-refractivity contribution in [2.24, 2.45) is 0 Å². The first-order chi connectivity index (χ1) is 19.6. The Morgan fingerprint density at radius 2 is 1.49 bits per heavy atom. The summed E-state index contributed by atoms with van der Waals surface area (Å²) in [5.74, 6) is -0.820. The summed E-state index contributed by atoms with van der Waals surface area (Å²) in [4.78, 5) is 29.6. The van der Waals surface area contributed by atoms with Crippen molar-refractivity contribution in [1.82, 2.24) is 10.2 Å². The van der Waals surface area contributed by atoms with Crippen molar-refractivity contribution in [3.8, 4) is 0 Å². The van der Waals surface area contributed by atoms with Crippen LogP contribution in [0.1, 0.15) is 43.2 Å². The van der Waals surface area contributed by atoms with Gasteiger partial charge in [0.2, 0.25) is 21.8 Å². The van der Waals surface area contributed by atoms with Crippen LogP contribution in [0.5, 0.6) is 0 Å². The monoisotopic (exact) mass is 615 g/mol. The van der Waals surface area contributed by atoms with E-state index in [1.54, 1.807) is 42.5 Å². The highest BCUT2D eigenvalue weighted by atomic mass is 35.5. The van der Waals surface area contributed by atoms with Crippen LogP contribution in [-0.2, 0) is 32.6 Å². The molecule has 10 heteroatoms. The molecule has 0 unspecified atom stereocenters. The first kappa shape index (κ1) is 30.9. The number of amides is 2. The Morgan fingerprint density at radius 3 is 2.12 bits per heavy atom. The van der Waals surface area contributed by atoms with Gasteiger partial charge in [-0.3, -0.25) is 13.9 Å². The minimum absolute atomic E-state index is 0.0220. The van der Waals surface area contributed by atoms with Gasteiger partial charge in [-0.05, 0) is 42.2 Å². The van der Waals surface area contributed by atoms with Crippen LogP contribution in [0.2, 0.25) is 10.0 Å². The second-order valence-corrected chi connectivity index (χ2v) is 13.1. The molecule has 0 bridgehead atoms. The average Bonchev–Trinajstić information content (AvgIpc) is 2.95. The van der Waals surface area contributed by atoms with Gasteiger partial charge >= 0.3 is 0 Å². The van der Waals surface area contributed by atoms with Crippen molar-refractivity contribution in [3.63, 3.8) is 0 Å². The molecule has 3 aromatic rings. The van der Waals surface area contributed by atoms with E-state index in [0.29, 0.717) is 10.6 Å². The zero-order valence-electron chi connectivity index (χ0n) is 23.0. The predicted octanol–water partition coefficient (Wildman–Crippen LogP) is 5.85. The zero-order chi connectivity index (χ0) is 29.4. The lowest BCUT2D eigenvalue weighted by Gasteiger charge is -2.35. The Morgan fingerprint density at radius 1 is 0.878 bits per heavy atom. The number of sulfonamides is 1. The normalized spacial score (nSPS) is 14.7. The zero-order valence-corrected chi connectivity index (χ0v) is 25.3. The van der Waals surface area contributed by atoms with Crippen LogP contribution in [0, 0.1) is 0 Å². The molecule has 218 valence electrons. The van der Waals surface area contributed by atoms with Crippen molar-refractivity contribution in [3.05, 3.63) is 100 Å². The van der Waals surface area contributed by atoms with Gasteiger partial charge in [-0.15, -0.1) is 0 Å². The number of nitrogens with zero attached hydrogens (tertiary/aromatic N) is 2. The van der Waals surface area contributed by atoms with Crippen LogP contribution in [0.15, 0.2) is 78.9 Å². The number of carbonyl (C=O) groups is 2. The second kappa shape index (κ2) is 14.2. The molecule has 1 fully saturated rings. The van der Waals surface area contributed by atoms with Crippen LogP contribution in [0.25, 0.3) is 0 Å². The lowest BCUT2D eigenvalue weighted by atomic mass is 9.94. The smallest absolute Gasteiger partial charge is 0.244 e. The number of hydrogen-bond donors (Lipinski definition) is 1. The van der Waals surface area contributed by atoms with Gasteiger partial charge < -0.3 is 10.2 Å². The largest absolute Gasteiger partial charge is 0.352 e. The number of anilines is 1. The fourth-order valence-corrected chi connectivity index (χ4v) is 6.50. The number of halogens is 2. The third-order valence-electron chi connectivity index (χ3n) is 7.32. The molecule has 1 N–H and O–H groups in total. The molecule has 0 radical (unpaired) electrons. The van der Waals surface area contributed by atoms with Gasteiger partial charge in [-0.1, -0.05) is 103 Å². The third-order valence-corrected chi connectivity index (χ3v) is 9.14. The van der Waals surface area contributed by atoms with Gasteiger partial charge in [0.05, 0.1) is 17.0 Å². The fraction of sp³-hybridized carbons (Fsp3) is 0.355. The van der Waals surface area contributed by atoms with Crippen LogP contribution in [0.3, 0.4) is 0 Å². The summed E-state index contributed by atoms with van der Waals surface area (Å²) in [6.07, 6.45) is 6.27. The Labute approximate surface area is 252 Å². The van der Waals surface area contributed by atoms with Crippen molar-refractivity contribution in [1.29, 1.82) is 0 Å². The quantitative estimate of drug-likeness (QED) is 0.293. The third kappa shape index (κ3) is 8.47. The molecular formula is C31H35Cl2N3O4S. The van der Waals surface area contributed by atoms with Crippen LogP contribution >= 0.6 is 23.2 Å². The standard InChI is InChI=1S/C31H35Cl2N3O4S/c1-41(39,40)36(28-19-11-10-18-27(28)33)22-30(37)35(21-24-14-8-9-17-26(24)32)29(20-23-12-4-2-5-13-23)31(38)34-25-15-6-3-7-16-25/h2,4-5,8-14,17-19,25,29H,3,6-7,15-16,20-22H2,1H3,(H,34,38)/t29-/m0/s1. The van der Waals surface area contributed by atoms with Gasteiger partial charge in [0.25, 0.3) is 0 Å². The van der Waals surface area contributed by atoms with E-state index in [1.165, 1.54) is 4.90 Å². The number of hydrogen-bond acceptors (Lipinski definition) is 4. The molecule has 3 aromatic carbocycles. The number of para-hydroxylation sites is 1. The Hall–Kier alpha value is -3.07. The van der Waals surface area contributed by atoms with Gasteiger partial charge in [-0.2, -0.15) is 0 Å². The van der Waals surface area contributed by atoms with Gasteiger partial charge in [0.15, 0.2) is 0 Å². The highest BCUT2D eigenvalue weighted by Crippen LogP contribution is 2.28. The van der Waals surface area contributed by atoms with E-state index in [4.69, 9.17) is 23.2 Å². The second-order valence-electron chi connectivity index (χ2n) is 10.4. The summed E-state index contributed by atoms with van der Waals surface area (Å²) in [6, 6.07) is 22.2. The lowest BCUT2D eigenvalue weighted by Crippen LogP contribution is -2.55. The molecule has 0 saturated heterocycles. The minimum Gasteiger partial charge on any atom is -0.352 e. The minimum atomic E-state index is -3.90. The van der Waals surface area contributed by atoms with E-state index in [9.17, 15) is 18.0 Å². The van der Waals surface area contributed by atoms with E-state index in [-0.39, 0.29) is 35.6 Å². The van der Waals surface area contributed by atoms with Crippen LogP contribution < -0.4 is 9.62 Å². The molecule has 1 saturated carbocycles. The van der Waals surface area contributed by atoms with E-state index >= 15 is 0 Å². The van der Waals surface area contributed by atoms with Crippen molar-refractivity contribution in [2.75, 3.05) is 17.1 Å². The first-order valence-corrected chi connectivity index (χ1v) is 16.3. The Bertz CT molecular complexity index is 1450. The topological polar surface area (TPSA) is 86.8 Å². The summed E-state index contributed by atoms with van der Waals surface area (Å²) in [5, 5.41) is 3.82. The lowest BCUT2D eigenvalue weighted by molar-refractivity contribution is -0.140. The Balaban J connectivity index is 1.74. The van der Waals surface area contributed by atoms with Crippen molar-refractivity contribution >= 4 is 50.7 Å². The highest BCUT2D eigenvalue weighted by Gasteiger charge is 2.34. The molecule has 7 nitrogen and oxygen atoms in total. The first-order valence-electron chi connectivity index (χ1n) is 13.7. The van der Waals surface area contributed by atoms with Crippen LogP contribution in [0.4, 0.5) is 5.69 Å². The number of carbonyl (C=O) groups excluding carboxylic acids is 2. The molecule has 4 rings (SSSR count). The molecule has 0 aliphatic heterocycles. The predicted molar refractivity (Wildman–Crippen MR) is 165 cm³/mol. The summed E-state index contributed by atoms with van der Waals surface area (Å²) < 4.78 is 26.8. The molecular weight excluding hydrogens is 581 g/mol. The van der Waals surface area contributed by atoms with Gasteiger partial charge in [0.1, 0.15) is 12.6 Å². The van der Waals surface area contributed by atoms with E-state index < -0.39 is 28.5 Å². The van der Waals surface area contributed by atoms with E-state index in [1.807, 2.05) is 36.4 Å². The maximum absolute atomic E-state index is 14.2. The summed E-state index contributed by atoms with van der Waals surface area (Å²) in [6.45, 7) is -0.511. The molecule has 1 aliphatic carbocycles. The Kier molecular flexibility index (Phi) is 10.7. The van der Waals surface area contributed by atoms with Gasteiger partial charge in [0, 0.05) is 24.0 Å². The summed E-state index contributed by atoms with van der Waals surface area (Å²) in [7, 11) is -3.90. The molecule has 1 atom stereocenters. The molecule has 41 heavy (non-hydrogen) atoms. The summed E-state index contributed by atoms with van der Waals surface area (Å²) in [5.41, 5.74) is 1.71. The van der Waals surface area contributed by atoms with Gasteiger partial charge in [-0.25, -0.2) is 8.42 Å².